The second-order valence-corrected chi connectivity index (χ2v) is 8.47. The van der Waals surface area contributed by atoms with E-state index in [9.17, 15) is 9.59 Å². The van der Waals surface area contributed by atoms with E-state index in [-0.39, 0.29) is 18.0 Å². The molecule has 0 radical (unpaired) electrons. The average molecular weight is 437 g/mol. The number of nitrogens with zero attached hydrogens (tertiary/aromatic N) is 1. The summed E-state index contributed by atoms with van der Waals surface area (Å²) in [6.07, 6.45) is 7.66. The molecule has 148 valence electrons. The zero-order chi connectivity index (χ0) is 19.1. The van der Waals surface area contributed by atoms with Crippen LogP contribution in [0.4, 0.5) is 10.5 Å². The lowest BCUT2D eigenvalue weighted by molar-refractivity contribution is -0.117. The third-order valence-electron chi connectivity index (χ3n) is 5.36. The van der Waals surface area contributed by atoms with Gasteiger partial charge >= 0.3 is 6.03 Å². The van der Waals surface area contributed by atoms with Crippen LogP contribution in [-0.4, -0.2) is 48.6 Å². The van der Waals surface area contributed by atoms with Crippen molar-refractivity contribution in [3.05, 3.63) is 28.7 Å². The number of urea groups is 1. The number of carbonyl (C=O) groups is 2. The van der Waals surface area contributed by atoms with Crippen LogP contribution in [0.1, 0.15) is 44.9 Å². The summed E-state index contributed by atoms with van der Waals surface area (Å²) in [5.74, 6) is -0.00114. The number of amides is 3. The van der Waals surface area contributed by atoms with Crippen molar-refractivity contribution in [1.82, 2.24) is 15.5 Å². The number of carbonyl (C=O) groups excluding carboxylic acids is 2. The average Bonchev–Trinajstić information content (AvgIpc) is 2.66. The highest BCUT2D eigenvalue weighted by atomic mass is 79.9. The van der Waals surface area contributed by atoms with Crippen molar-refractivity contribution in [3.63, 3.8) is 0 Å². The SMILES string of the molecule is O=C(CN1CCC(NC(=O)NC2CCCCC2)CC1)Nc1ccc(Br)cc1. The van der Waals surface area contributed by atoms with E-state index in [1.165, 1.54) is 19.3 Å². The van der Waals surface area contributed by atoms with Gasteiger partial charge in [-0.3, -0.25) is 9.69 Å². The fourth-order valence-electron chi connectivity index (χ4n) is 3.83. The first-order chi connectivity index (χ1) is 13.1. The molecule has 0 unspecified atom stereocenters. The highest BCUT2D eigenvalue weighted by Crippen LogP contribution is 2.18. The van der Waals surface area contributed by atoms with Gasteiger partial charge < -0.3 is 16.0 Å². The Labute approximate surface area is 169 Å². The topological polar surface area (TPSA) is 73.5 Å². The predicted molar refractivity (Wildman–Crippen MR) is 111 cm³/mol. The van der Waals surface area contributed by atoms with Gasteiger partial charge in [-0.05, 0) is 49.9 Å². The molecule has 1 saturated heterocycles. The molecule has 1 aromatic rings. The van der Waals surface area contributed by atoms with Gasteiger partial charge in [0.05, 0.1) is 6.54 Å². The third kappa shape index (κ3) is 6.81. The molecule has 3 N–H and O–H groups in total. The summed E-state index contributed by atoms with van der Waals surface area (Å²) in [4.78, 5) is 26.5. The van der Waals surface area contributed by atoms with Crippen LogP contribution in [0, 0.1) is 0 Å². The maximum atomic E-state index is 12.2. The molecule has 1 aliphatic heterocycles. The summed E-state index contributed by atoms with van der Waals surface area (Å²) < 4.78 is 0.989. The minimum atomic E-state index is -0.0340. The number of hydrogen-bond acceptors (Lipinski definition) is 3. The van der Waals surface area contributed by atoms with E-state index in [4.69, 9.17) is 0 Å². The molecule has 1 saturated carbocycles. The number of halogens is 1. The highest BCUT2D eigenvalue weighted by Gasteiger charge is 2.23. The van der Waals surface area contributed by atoms with Gasteiger partial charge in [-0.1, -0.05) is 35.2 Å². The smallest absolute Gasteiger partial charge is 0.315 e. The first-order valence-electron chi connectivity index (χ1n) is 9.93. The normalized spacial score (nSPS) is 19.4. The molecular formula is C20H29BrN4O2. The molecule has 1 aromatic carbocycles. The van der Waals surface area contributed by atoms with Crippen molar-refractivity contribution >= 4 is 33.6 Å². The summed E-state index contributed by atoms with van der Waals surface area (Å²) >= 11 is 3.39. The lowest BCUT2D eigenvalue weighted by Crippen LogP contribution is -2.51. The second-order valence-electron chi connectivity index (χ2n) is 7.56. The molecule has 6 nitrogen and oxygen atoms in total. The number of hydrogen-bond donors (Lipinski definition) is 3. The molecule has 0 atom stereocenters. The fourth-order valence-corrected chi connectivity index (χ4v) is 4.10. The van der Waals surface area contributed by atoms with Crippen LogP contribution < -0.4 is 16.0 Å². The number of piperidine rings is 1. The van der Waals surface area contributed by atoms with Crippen LogP contribution >= 0.6 is 15.9 Å². The van der Waals surface area contributed by atoms with E-state index in [0.29, 0.717) is 12.6 Å². The quantitative estimate of drug-likeness (QED) is 0.661. The van der Waals surface area contributed by atoms with Crippen LogP contribution in [0.3, 0.4) is 0 Å². The number of rotatable bonds is 5. The van der Waals surface area contributed by atoms with Crippen molar-refractivity contribution in [1.29, 1.82) is 0 Å². The van der Waals surface area contributed by atoms with Crippen molar-refractivity contribution in [2.24, 2.45) is 0 Å². The van der Waals surface area contributed by atoms with Crippen molar-refractivity contribution < 1.29 is 9.59 Å². The van der Waals surface area contributed by atoms with Gasteiger partial charge in [-0.25, -0.2) is 4.79 Å². The van der Waals surface area contributed by atoms with Crippen LogP contribution in [-0.2, 0) is 4.79 Å². The number of nitrogens with one attached hydrogen (secondary N) is 3. The summed E-state index contributed by atoms with van der Waals surface area (Å²) in [5.41, 5.74) is 0.805. The zero-order valence-corrected chi connectivity index (χ0v) is 17.3. The summed E-state index contributed by atoms with van der Waals surface area (Å²) in [6, 6.07) is 8.07. The molecule has 2 fully saturated rings. The van der Waals surface area contributed by atoms with Crippen molar-refractivity contribution in [3.8, 4) is 0 Å². The zero-order valence-electron chi connectivity index (χ0n) is 15.7. The van der Waals surface area contributed by atoms with Gasteiger partial charge in [0.25, 0.3) is 0 Å². The van der Waals surface area contributed by atoms with Gasteiger partial charge in [0.2, 0.25) is 5.91 Å². The molecule has 0 bridgehead atoms. The minimum absolute atomic E-state index is 0.00114. The van der Waals surface area contributed by atoms with E-state index in [1.54, 1.807) is 0 Å². The van der Waals surface area contributed by atoms with Gasteiger partial charge in [-0.2, -0.15) is 0 Å². The predicted octanol–water partition coefficient (Wildman–Crippen LogP) is 3.48. The first kappa shape index (κ1) is 20.1. The monoisotopic (exact) mass is 436 g/mol. The molecular weight excluding hydrogens is 408 g/mol. The second kappa shape index (κ2) is 10.1. The Morgan fingerprint density at radius 3 is 2.15 bits per heavy atom. The summed E-state index contributed by atoms with van der Waals surface area (Å²) in [6.45, 7) is 2.03. The Morgan fingerprint density at radius 1 is 0.926 bits per heavy atom. The molecule has 2 aliphatic rings. The first-order valence-corrected chi connectivity index (χ1v) is 10.7. The van der Waals surface area contributed by atoms with Crippen LogP contribution in [0.25, 0.3) is 0 Å². The molecule has 3 amide bonds. The number of benzene rings is 1. The minimum Gasteiger partial charge on any atom is -0.335 e. The Hall–Kier alpha value is -1.60. The Kier molecular flexibility index (Phi) is 7.52. The lowest BCUT2D eigenvalue weighted by atomic mass is 9.96. The van der Waals surface area contributed by atoms with E-state index in [1.807, 2.05) is 24.3 Å². The van der Waals surface area contributed by atoms with E-state index >= 15 is 0 Å². The largest absolute Gasteiger partial charge is 0.335 e. The van der Waals surface area contributed by atoms with Crippen molar-refractivity contribution in [2.75, 3.05) is 25.0 Å². The molecule has 0 aromatic heterocycles. The maximum Gasteiger partial charge on any atom is 0.315 e. The van der Waals surface area contributed by atoms with E-state index in [2.05, 4.69) is 36.8 Å². The molecule has 7 heteroatoms. The van der Waals surface area contributed by atoms with Gasteiger partial charge in [0.1, 0.15) is 0 Å². The fraction of sp³-hybridized carbons (Fsp3) is 0.600. The Bertz CT molecular complexity index is 623. The van der Waals surface area contributed by atoms with Crippen LogP contribution in [0.5, 0.6) is 0 Å². The van der Waals surface area contributed by atoms with Gasteiger partial charge in [0, 0.05) is 35.3 Å². The standard InChI is InChI=1S/C20H29BrN4O2/c21-15-6-8-17(9-7-15)22-19(26)14-25-12-10-18(11-13-25)24-20(27)23-16-4-2-1-3-5-16/h6-9,16,18H,1-5,10-14H2,(H,22,26)(H2,23,24,27). The lowest BCUT2D eigenvalue weighted by Gasteiger charge is -2.32. The Morgan fingerprint density at radius 2 is 1.52 bits per heavy atom. The number of likely N-dealkylation sites (tertiary alicyclic amines) is 1. The van der Waals surface area contributed by atoms with Gasteiger partial charge in [-0.15, -0.1) is 0 Å². The maximum absolute atomic E-state index is 12.2. The summed E-state index contributed by atoms with van der Waals surface area (Å²) in [5, 5.41) is 9.14. The van der Waals surface area contributed by atoms with Crippen LogP contribution in [0.2, 0.25) is 0 Å². The molecule has 27 heavy (non-hydrogen) atoms. The van der Waals surface area contributed by atoms with E-state index in [0.717, 1.165) is 48.9 Å². The molecule has 3 rings (SSSR count). The summed E-state index contributed by atoms with van der Waals surface area (Å²) in [7, 11) is 0. The Balaban J connectivity index is 1.34. The molecule has 0 spiro atoms. The van der Waals surface area contributed by atoms with Crippen molar-refractivity contribution in [2.45, 2.75) is 57.0 Å². The molecule has 1 heterocycles. The van der Waals surface area contributed by atoms with E-state index < -0.39 is 0 Å². The van der Waals surface area contributed by atoms with Gasteiger partial charge in [0.15, 0.2) is 0 Å². The molecule has 1 aliphatic carbocycles. The van der Waals surface area contributed by atoms with Crippen LogP contribution in [0.15, 0.2) is 28.7 Å². The number of anilines is 1. The highest BCUT2D eigenvalue weighted by molar-refractivity contribution is 9.10. The third-order valence-corrected chi connectivity index (χ3v) is 5.89.